The van der Waals surface area contributed by atoms with E-state index in [0.29, 0.717) is 0 Å². The van der Waals surface area contributed by atoms with Gasteiger partial charge in [0.25, 0.3) is 0 Å². The molecule has 0 heterocycles. The summed E-state index contributed by atoms with van der Waals surface area (Å²) in [4.78, 5) is 47.2. The first-order valence-electron chi connectivity index (χ1n) is 6.98. The van der Waals surface area contributed by atoms with E-state index in [1.807, 2.05) is 0 Å². The average molecular weight is 304 g/mol. The highest BCUT2D eigenvalue weighted by molar-refractivity contribution is 6.29. The van der Waals surface area contributed by atoms with Gasteiger partial charge in [-0.25, -0.2) is 0 Å². The van der Waals surface area contributed by atoms with Crippen LogP contribution in [-0.2, 0) is 14.3 Å². The van der Waals surface area contributed by atoms with Gasteiger partial charge in [-0.1, -0.05) is 20.8 Å². The summed E-state index contributed by atoms with van der Waals surface area (Å²) < 4.78 is 9.99. The van der Waals surface area contributed by atoms with Gasteiger partial charge in [-0.3, -0.25) is 19.2 Å². The Morgan fingerprint density at radius 2 is 1.77 bits per heavy atom. The molecule has 1 aromatic rings. The molecule has 1 atom stereocenters. The van der Waals surface area contributed by atoms with Gasteiger partial charge in [0.15, 0.2) is 0 Å². The van der Waals surface area contributed by atoms with Crippen LogP contribution in [0.3, 0.4) is 0 Å². The first kappa shape index (κ1) is 15.9. The smallest absolute Gasteiger partial charge is 0.310 e. The molecule has 0 N–H and O–H groups in total. The summed E-state index contributed by atoms with van der Waals surface area (Å²) in [5, 5.41) is 0. The van der Waals surface area contributed by atoms with Crippen LogP contribution in [0.15, 0.2) is 18.2 Å². The molecule has 0 bridgehead atoms. The van der Waals surface area contributed by atoms with E-state index in [1.54, 1.807) is 20.8 Å². The summed E-state index contributed by atoms with van der Waals surface area (Å²) in [6.45, 7) is 4.87. The Balaban J connectivity index is 2.26. The standard InChI is InChI=1S/C16H16O6/c1-4-12(17)21-9-5-6-10-11(7-9)14(19)15(13(10)18)22-16(20)8(2)3/h5-8,15H,4H2,1-3H3. The average Bonchev–Trinajstić information content (AvgIpc) is 2.71. The second-order valence-corrected chi connectivity index (χ2v) is 5.24. The molecule has 1 aliphatic carbocycles. The summed E-state index contributed by atoms with van der Waals surface area (Å²) >= 11 is 0. The minimum Gasteiger partial charge on any atom is -0.445 e. The molecular formula is C16H16O6. The van der Waals surface area contributed by atoms with Crippen molar-refractivity contribution in [1.29, 1.82) is 0 Å². The molecule has 116 valence electrons. The van der Waals surface area contributed by atoms with Gasteiger partial charge < -0.3 is 9.47 Å². The van der Waals surface area contributed by atoms with Crippen LogP contribution in [0.2, 0.25) is 0 Å². The van der Waals surface area contributed by atoms with Crippen LogP contribution in [0.1, 0.15) is 47.9 Å². The zero-order valence-electron chi connectivity index (χ0n) is 12.5. The lowest BCUT2D eigenvalue weighted by Crippen LogP contribution is -2.30. The van der Waals surface area contributed by atoms with E-state index in [2.05, 4.69) is 0 Å². The fourth-order valence-electron chi connectivity index (χ4n) is 1.97. The third-order valence-corrected chi connectivity index (χ3v) is 3.22. The van der Waals surface area contributed by atoms with E-state index >= 15 is 0 Å². The van der Waals surface area contributed by atoms with Gasteiger partial charge in [0, 0.05) is 17.5 Å². The van der Waals surface area contributed by atoms with Gasteiger partial charge in [0.05, 0.1) is 5.92 Å². The third kappa shape index (κ3) is 2.90. The van der Waals surface area contributed by atoms with Crippen molar-refractivity contribution in [1.82, 2.24) is 0 Å². The largest absolute Gasteiger partial charge is 0.445 e. The van der Waals surface area contributed by atoms with Crippen molar-refractivity contribution in [3.63, 3.8) is 0 Å². The topological polar surface area (TPSA) is 86.7 Å². The number of carbonyl (C=O) groups is 4. The minimum atomic E-state index is -1.44. The first-order valence-corrected chi connectivity index (χ1v) is 6.98. The molecule has 0 saturated carbocycles. The van der Waals surface area contributed by atoms with Gasteiger partial charge in [-0.15, -0.1) is 0 Å². The molecule has 0 saturated heterocycles. The molecule has 0 fully saturated rings. The Hall–Kier alpha value is -2.50. The zero-order chi connectivity index (χ0) is 16.4. The fraction of sp³-hybridized carbons (Fsp3) is 0.375. The molecule has 1 unspecified atom stereocenters. The fourth-order valence-corrected chi connectivity index (χ4v) is 1.97. The first-order chi connectivity index (χ1) is 10.3. The molecular weight excluding hydrogens is 288 g/mol. The molecule has 1 aliphatic rings. The molecule has 6 nitrogen and oxygen atoms in total. The predicted octanol–water partition coefficient (Wildman–Crippen LogP) is 1.95. The highest BCUT2D eigenvalue weighted by Crippen LogP contribution is 2.28. The number of esters is 2. The number of hydrogen-bond donors (Lipinski definition) is 0. The molecule has 1 aromatic carbocycles. The molecule has 0 amide bonds. The number of ether oxygens (including phenoxy) is 2. The number of benzene rings is 1. The molecule has 0 spiro atoms. The number of ketones is 2. The van der Waals surface area contributed by atoms with Gasteiger partial charge >= 0.3 is 11.9 Å². The van der Waals surface area contributed by atoms with Gasteiger partial charge in [-0.05, 0) is 18.2 Å². The van der Waals surface area contributed by atoms with Crippen LogP contribution < -0.4 is 4.74 Å². The quantitative estimate of drug-likeness (QED) is 0.480. The van der Waals surface area contributed by atoms with Gasteiger partial charge in [0.2, 0.25) is 17.7 Å². The molecule has 0 aliphatic heterocycles. The van der Waals surface area contributed by atoms with Crippen molar-refractivity contribution >= 4 is 23.5 Å². The van der Waals surface area contributed by atoms with Crippen molar-refractivity contribution in [2.75, 3.05) is 0 Å². The monoisotopic (exact) mass is 304 g/mol. The Labute approximate surface area is 127 Å². The Morgan fingerprint density at radius 1 is 1.14 bits per heavy atom. The lowest BCUT2D eigenvalue weighted by molar-refractivity contribution is -0.148. The van der Waals surface area contributed by atoms with E-state index in [9.17, 15) is 19.2 Å². The highest BCUT2D eigenvalue weighted by Gasteiger charge is 2.42. The normalized spacial score (nSPS) is 16.6. The van der Waals surface area contributed by atoms with Crippen molar-refractivity contribution in [3.05, 3.63) is 29.3 Å². The summed E-state index contributed by atoms with van der Waals surface area (Å²) in [5.74, 6) is -2.46. The number of carbonyl (C=O) groups excluding carboxylic acids is 4. The minimum absolute atomic E-state index is 0.105. The summed E-state index contributed by atoms with van der Waals surface area (Å²) in [6, 6.07) is 4.16. The summed E-state index contributed by atoms with van der Waals surface area (Å²) in [5.41, 5.74) is 0.274. The zero-order valence-corrected chi connectivity index (χ0v) is 12.5. The van der Waals surface area contributed by atoms with Crippen LogP contribution in [0.5, 0.6) is 5.75 Å². The number of hydrogen-bond acceptors (Lipinski definition) is 6. The predicted molar refractivity (Wildman–Crippen MR) is 75.7 cm³/mol. The van der Waals surface area contributed by atoms with E-state index in [1.165, 1.54) is 18.2 Å². The van der Waals surface area contributed by atoms with Crippen molar-refractivity contribution < 1.29 is 28.7 Å². The van der Waals surface area contributed by atoms with Crippen LogP contribution in [0.4, 0.5) is 0 Å². The molecule has 0 radical (unpaired) electrons. The molecule has 6 heteroatoms. The second-order valence-electron chi connectivity index (χ2n) is 5.24. The van der Waals surface area contributed by atoms with Gasteiger partial charge in [0.1, 0.15) is 5.75 Å². The van der Waals surface area contributed by atoms with Crippen LogP contribution in [-0.4, -0.2) is 29.6 Å². The number of rotatable bonds is 4. The Kier molecular flexibility index (Phi) is 4.40. The van der Waals surface area contributed by atoms with Crippen LogP contribution in [0.25, 0.3) is 0 Å². The van der Waals surface area contributed by atoms with E-state index in [0.717, 1.165) is 0 Å². The Morgan fingerprint density at radius 3 is 2.36 bits per heavy atom. The lowest BCUT2D eigenvalue weighted by atomic mass is 10.1. The number of Topliss-reactive ketones (excluding diaryl/α,β-unsaturated/α-hetero) is 2. The highest BCUT2D eigenvalue weighted by atomic mass is 16.6. The van der Waals surface area contributed by atoms with E-state index in [-0.39, 0.29) is 23.3 Å². The maximum absolute atomic E-state index is 12.2. The lowest BCUT2D eigenvalue weighted by Gasteiger charge is -2.10. The summed E-state index contributed by atoms with van der Waals surface area (Å²) in [7, 11) is 0. The second kappa shape index (κ2) is 6.09. The van der Waals surface area contributed by atoms with Crippen LogP contribution in [0, 0.1) is 5.92 Å². The summed E-state index contributed by atoms with van der Waals surface area (Å²) in [6.07, 6.45) is -1.25. The maximum Gasteiger partial charge on any atom is 0.310 e. The van der Waals surface area contributed by atoms with E-state index in [4.69, 9.17) is 9.47 Å². The van der Waals surface area contributed by atoms with Crippen molar-refractivity contribution in [2.24, 2.45) is 5.92 Å². The third-order valence-electron chi connectivity index (χ3n) is 3.22. The maximum atomic E-state index is 12.2. The molecule has 22 heavy (non-hydrogen) atoms. The SMILES string of the molecule is CCC(=O)Oc1ccc2c(c1)C(=O)C(OC(=O)C(C)C)C2=O. The van der Waals surface area contributed by atoms with Crippen molar-refractivity contribution in [3.8, 4) is 5.75 Å². The molecule has 0 aromatic heterocycles. The van der Waals surface area contributed by atoms with Crippen molar-refractivity contribution in [2.45, 2.75) is 33.3 Å². The molecule has 2 rings (SSSR count). The van der Waals surface area contributed by atoms with Gasteiger partial charge in [-0.2, -0.15) is 0 Å². The van der Waals surface area contributed by atoms with Crippen LogP contribution >= 0.6 is 0 Å². The number of fused-ring (bicyclic) bond motifs is 1. The Bertz CT molecular complexity index is 659. The van der Waals surface area contributed by atoms with E-state index < -0.39 is 35.5 Å².